The van der Waals surface area contributed by atoms with Gasteiger partial charge in [0, 0.05) is 37.6 Å². The third-order valence-electron chi connectivity index (χ3n) is 3.78. The van der Waals surface area contributed by atoms with E-state index in [9.17, 15) is 9.59 Å². The van der Waals surface area contributed by atoms with Crippen molar-refractivity contribution in [2.24, 2.45) is 7.05 Å². The summed E-state index contributed by atoms with van der Waals surface area (Å²) >= 11 is 0. The minimum Gasteiger partial charge on any atom is -0.319 e. The van der Waals surface area contributed by atoms with Crippen LogP contribution in [0.25, 0.3) is 10.8 Å². The number of pyridine rings is 1. The van der Waals surface area contributed by atoms with Crippen LogP contribution in [0.15, 0.2) is 65.6 Å². The van der Waals surface area contributed by atoms with Crippen molar-refractivity contribution in [2.75, 3.05) is 11.9 Å². The number of aromatic nitrogens is 1. The van der Waals surface area contributed by atoms with Crippen LogP contribution >= 0.6 is 0 Å². The number of amides is 1. The first-order valence-electron chi connectivity index (χ1n) is 7.00. The van der Waals surface area contributed by atoms with Gasteiger partial charge >= 0.3 is 0 Å². The zero-order valence-corrected chi connectivity index (χ0v) is 12.5. The number of hydrogen-bond acceptors (Lipinski definition) is 2. The van der Waals surface area contributed by atoms with Crippen LogP contribution in [0.2, 0.25) is 0 Å². The second-order valence-corrected chi connectivity index (χ2v) is 5.26. The monoisotopic (exact) mass is 292 g/mol. The Morgan fingerprint density at radius 3 is 2.45 bits per heavy atom. The van der Waals surface area contributed by atoms with Crippen LogP contribution in [0.1, 0.15) is 10.4 Å². The Bertz CT molecular complexity index is 912. The summed E-state index contributed by atoms with van der Waals surface area (Å²) in [5.74, 6) is -0.201. The second-order valence-electron chi connectivity index (χ2n) is 5.26. The van der Waals surface area contributed by atoms with E-state index in [1.807, 2.05) is 42.5 Å². The van der Waals surface area contributed by atoms with Gasteiger partial charge in [0.25, 0.3) is 11.5 Å². The van der Waals surface area contributed by atoms with Crippen LogP contribution in [0.5, 0.6) is 0 Å². The summed E-state index contributed by atoms with van der Waals surface area (Å²) in [5, 5.41) is 2.20. The number of fused-ring (bicyclic) bond motifs is 1. The molecule has 3 aromatic rings. The van der Waals surface area contributed by atoms with Gasteiger partial charge in [0.1, 0.15) is 0 Å². The van der Waals surface area contributed by atoms with Crippen LogP contribution in [0, 0.1) is 0 Å². The predicted molar refractivity (Wildman–Crippen MR) is 88.4 cm³/mol. The van der Waals surface area contributed by atoms with Crippen LogP contribution in [-0.2, 0) is 7.05 Å². The molecular weight excluding hydrogens is 276 g/mol. The number of rotatable bonds is 2. The first-order chi connectivity index (χ1) is 10.6. The van der Waals surface area contributed by atoms with E-state index < -0.39 is 0 Å². The van der Waals surface area contributed by atoms with Gasteiger partial charge < -0.3 is 9.47 Å². The molecule has 1 amide bonds. The molecule has 0 saturated heterocycles. The average Bonchev–Trinajstić information content (AvgIpc) is 2.55. The van der Waals surface area contributed by atoms with Crippen molar-refractivity contribution in [3.05, 3.63) is 76.7 Å². The second kappa shape index (κ2) is 5.48. The van der Waals surface area contributed by atoms with E-state index in [-0.39, 0.29) is 11.5 Å². The number of nitrogens with zero attached hydrogens (tertiary/aromatic N) is 2. The van der Waals surface area contributed by atoms with Gasteiger partial charge in [0.05, 0.1) is 0 Å². The average molecular weight is 292 g/mol. The first kappa shape index (κ1) is 14.1. The van der Waals surface area contributed by atoms with E-state index in [1.165, 1.54) is 10.6 Å². The highest BCUT2D eigenvalue weighted by Gasteiger charge is 2.14. The standard InChI is InChI=1S/C18H16N2O2/c1-19-10-9-15(12-17(19)21)18(22)20(2)16-8-7-13-5-3-4-6-14(13)11-16/h3-12H,1-2H3. The Labute approximate surface area is 128 Å². The van der Waals surface area contributed by atoms with Crippen LogP contribution in [-0.4, -0.2) is 17.5 Å². The Kier molecular flexibility index (Phi) is 3.51. The molecule has 0 atom stereocenters. The maximum Gasteiger partial charge on any atom is 0.258 e. The molecular formula is C18H16N2O2. The van der Waals surface area contributed by atoms with Gasteiger partial charge in [0.15, 0.2) is 0 Å². The molecule has 2 aromatic carbocycles. The fraction of sp³-hybridized carbons (Fsp3) is 0.111. The molecule has 22 heavy (non-hydrogen) atoms. The molecule has 0 N–H and O–H groups in total. The molecule has 0 aliphatic rings. The van der Waals surface area contributed by atoms with Gasteiger partial charge in [-0.15, -0.1) is 0 Å². The fourth-order valence-corrected chi connectivity index (χ4v) is 2.38. The zero-order chi connectivity index (χ0) is 15.7. The molecule has 0 saturated carbocycles. The topological polar surface area (TPSA) is 42.3 Å². The summed E-state index contributed by atoms with van der Waals surface area (Å²) in [7, 11) is 3.37. The number of benzene rings is 2. The van der Waals surface area contributed by atoms with Gasteiger partial charge in [-0.2, -0.15) is 0 Å². The summed E-state index contributed by atoms with van der Waals surface area (Å²) in [5.41, 5.74) is 0.987. The highest BCUT2D eigenvalue weighted by Crippen LogP contribution is 2.22. The Morgan fingerprint density at radius 2 is 1.73 bits per heavy atom. The van der Waals surface area contributed by atoms with E-state index in [1.54, 1.807) is 31.3 Å². The molecule has 0 unspecified atom stereocenters. The third-order valence-corrected chi connectivity index (χ3v) is 3.78. The molecule has 1 heterocycles. The lowest BCUT2D eigenvalue weighted by Crippen LogP contribution is -2.28. The van der Waals surface area contributed by atoms with Crippen molar-refractivity contribution in [3.8, 4) is 0 Å². The Hall–Kier alpha value is -2.88. The van der Waals surface area contributed by atoms with E-state index in [0.29, 0.717) is 5.56 Å². The van der Waals surface area contributed by atoms with Gasteiger partial charge in [0.2, 0.25) is 0 Å². The lowest BCUT2D eigenvalue weighted by molar-refractivity contribution is 0.0992. The number of carbonyl (C=O) groups excluding carboxylic acids is 1. The van der Waals surface area contributed by atoms with Crippen LogP contribution < -0.4 is 10.5 Å². The minimum absolute atomic E-state index is 0.197. The van der Waals surface area contributed by atoms with Gasteiger partial charge in [-0.25, -0.2) is 0 Å². The lowest BCUT2D eigenvalue weighted by Gasteiger charge is -2.18. The molecule has 110 valence electrons. The van der Waals surface area contributed by atoms with E-state index in [2.05, 4.69) is 0 Å². The van der Waals surface area contributed by atoms with Crippen LogP contribution in [0.4, 0.5) is 5.69 Å². The SMILES string of the molecule is CN(C(=O)c1ccn(C)c(=O)c1)c1ccc2ccccc2c1. The van der Waals surface area contributed by atoms with Gasteiger partial charge in [-0.1, -0.05) is 30.3 Å². The summed E-state index contributed by atoms with van der Waals surface area (Å²) in [6, 6.07) is 16.9. The van der Waals surface area contributed by atoms with Gasteiger partial charge in [-0.05, 0) is 29.0 Å². The third kappa shape index (κ3) is 2.51. The summed E-state index contributed by atoms with van der Waals surface area (Å²) in [4.78, 5) is 25.7. The number of anilines is 1. The zero-order valence-electron chi connectivity index (χ0n) is 12.5. The number of carbonyl (C=O) groups is 1. The minimum atomic E-state index is -0.201. The highest BCUT2D eigenvalue weighted by atomic mass is 16.2. The lowest BCUT2D eigenvalue weighted by atomic mass is 10.1. The van der Waals surface area contributed by atoms with Gasteiger partial charge in [-0.3, -0.25) is 9.59 Å². The molecule has 1 aromatic heterocycles. The molecule has 0 radical (unpaired) electrons. The Morgan fingerprint density at radius 1 is 1.00 bits per heavy atom. The normalized spacial score (nSPS) is 10.6. The largest absolute Gasteiger partial charge is 0.319 e. The van der Waals surface area contributed by atoms with Crippen molar-refractivity contribution >= 4 is 22.4 Å². The van der Waals surface area contributed by atoms with E-state index >= 15 is 0 Å². The molecule has 0 fully saturated rings. The molecule has 0 aliphatic carbocycles. The van der Waals surface area contributed by atoms with Crippen molar-refractivity contribution in [2.45, 2.75) is 0 Å². The Balaban J connectivity index is 1.97. The van der Waals surface area contributed by atoms with E-state index in [0.717, 1.165) is 16.5 Å². The predicted octanol–water partition coefficient (Wildman–Crippen LogP) is 2.82. The van der Waals surface area contributed by atoms with Crippen molar-refractivity contribution in [1.29, 1.82) is 0 Å². The molecule has 0 bridgehead atoms. The number of hydrogen-bond donors (Lipinski definition) is 0. The first-order valence-corrected chi connectivity index (χ1v) is 7.00. The van der Waals surface area contributed by atoms with Crippen molar-refractivity contribution in [3.63, 3.8) is 0 Å². The van der Waals surface area contributed by atoms with Crippen LogP contribution in [0.3, 0.4) is 0 Å². The maximum absolute atomic E-state index is 12.5. The quantitative estimate of drug-likeness (QED) is 0.729. The fourth-order valence-electron chi connectivity index (χ4n) is 2.38. The molecule has 4 nitrogen and oxygen atoms in total. The summed E-state index contributed by atoms with van der Waals surface area (Å²) in [6.45, 7) is 0. The van der Waals surface area contributed by atoms with E-state index in [4.69, 9.17) is 0 Å². The molecule has 0 aliphatic heterocycles. The highest BCUT2D eigenvalue weighted by molar-refractivity contribution is 6.06. The van der Waals surface area contributed by atoms with Crippen molar-refractivity contribution in [1.82, 2.24) is 4.57 Å². The van der Waals surface area contributed by atoms with Crippen molar-refractivity contribution < 1.29 is 4.79 Å². The smallest absolute Gasteiger partial charge is 0.258 e. The summed E-state index contributed by atoms with van der Waals surface area (Å²) < 4.78 is 1.44. The summed E-state index contributed by atoms with van der Waals surface area (Å²) in [6.07, 6.45) is 1.60. The molecule has 4 heteroatoms. The number of aryl methyl sites for hydroxylation is 1. The molecule has 3 rings (SSSR count). The molecule has 0 spiro atoms. The maximum atomic E-state index is 12.5.